The first-order chi connectivity index (χ1) is 14.3. The molecule has 0 bridgehead atoms. The van der Waals surface area contributed by atoms with Gasteiger partial charge in [0.05, 0.1) is 10.6 Å². The van der Waals surface area contributed by atoms with Crippen LogP contribution in [-0.4, -0.2) is 44.9 Å². The molecule has 2 aliphatic heterocycles. The molecule has 2 aliphatic rings. The summed E-state index contributed by atoms with van der Waals surface area (Å²) in [5, 5.41) is 2.94. The van der Waals surface area contributed by atoms with Crippen molar-refractivity contribution in [1.82, 2.24) is 4.31 Å². The Bertz CT molecular complexity index is 1070. The predicted molar refractivity (Wildman–Crippen MR) is 116 cm³/mol. The van der Waals surface area contributed by atoms with Gasteiger partial charge in [0.1, 0.15) is 13.2 Å². The molecule has 0 spiro atoms. The number of hydrogen-bond donors (Lipinski definition) is 1. The van der Waals surface area contributed by atoms with Crippen LogP contribution < -0.4 is 14.8 Å². The maximum Gasteiger partial charge on any atom is 0.243 e. The van der Waals surface area contributed by atoms with Crippen molar-refractivity contribution in [3.05, 3.63) is 46.4 Å². The number of nitrogens with zero attached hydrogens (tertiary/aromatic N) is 1. The summed E-state index contributed by atoms with van der Waals surface area (Å²) in [6.07, 6.45) is 0.943. The van der Waals surface area contributed by atoms with Gasteiger partial charge >= 0.3 is 0 Å². The van der Waals surface area contributed by atoms with Gasteiger partial charge in [0.15, 0.2) is 11.5 Å². The Morgan fingerprint density at radius 1 is 1.07 bits per heavy atom. The third-order valence-corrected chi connectivity index (χ3v) is 7.91. The lowest BCUT2D eigenvalue weighted by molar-refractivity contribution is -0.120. The lowest BCUT2D eigenvalue weighted by Crippen LogP contribution is -2.41. The van der Waals surface area contributed by atoms with Gasteiger partial charge in [-0.15, -0.1) is 0 Å². The zero-order chi connectivity index (χ0) is 21.3. The van der Waals surface area contributed by atoms with Crippen molar-refractivity contribution in [2.75, 3.05) is 31.6 Å². The highest BCUT2D eigenvalue weighted by atomic mass is 79.9. The second-order valence-corrected chi connectivity index (χ2v) is 10.2. The van der Waals surface area contributed by atoms with Crippen LogP contribution in [0.25, 0.3) is 0 Å². The van der Waals surface area contributed by atoms with Crippen LogP contribution in [0.1, 0.15) is 18.4 Å². The van der Waals surface area contributed by atoms with Gasteiger partial charge in [0.25, 0.3) is 0 Å². The molecule has 4 rings (SSSR count). The molecular weight excluding hydrogens is 472 g/mol. The van der Waals surface area contributed by atoms with E-state index in [1.807, 2.05) is 25.1 Å². The van der Waals surface area contributed by atoms with Crippen LogP contribution in [0.2, 0.25) is 0 Å². The van der Waals surface area contributed by atoms with E-state index in [-0.39, 0.29) is 16.7 Å². The molecule has 7 nitrogen and oxygen atoms in total. The molecule has 1 N–H and O–H groups in total. The van der Waals surface area contributed by atoms with E-state index in [2.05, 4.69) is 21.2 Å². The Kier molecular flexibility index (Phi) is 6.04. The Labute approximate surface area is 184 Å². The molecule has 0 aromatic heterocycles. The first-order valence-electron chi connectivity index (χ1n) is 9.81. The maximum atomic E-state index is 13.0. The number of amides is 1. The van der Waals surface area contributed by atoms with Gasteiger partial charge < -0.3 is 14.8 Å². The topological polar surface area (TPSA) is 84.9 Å². The van der Waals surface area contributed by atoms with E-state index >= 15 is 0 Å². The lowest BCUT2D eigenvalue weighted by Gasteiger charge is -2.31. The van der Waals surface area contributed by atoms with Crippen LogP contribution in [0.15, 0.2) is 45.8 Å². The molecule has 2 heterocycles. The predicted octanol–water partition coefficient (Wildman–Crippen LogP) is 3.57. The fourth-order valence-corrected chi connectivity index (χ4v) is 5.73. The number of halogens is 1. The summed E-state index contributed by atoms with van der Waals surface area (Å²) in [4.78, 5) is 12.8. The minimum absolute atomic E-state index is 0.0871. The SMILES string of the molecule is Cc1ccc(NC(=O)C2CCN(S(=O)(=O)c3ccc4c(c3)OCCO4)CC2)c(Br)c1. The second kappa shape index (κ2) is 8.56. The van der Waals surface area contributed by atoms with Gasteiger partial charge in [-0.2, -0.15) is 4.31 Å². The van der Waals surface area contributed by atoms with E-state index in [0.29, 0.717) is 50.6 Å². The molecule has 0 radical (unpaired) electrons. The van der Waals surface area contributed by atoms with Crippen molar-refractivity contribution >= 4 is 37.5 Å². The van der Waals surface area contributed by atoms with Crippen LogP contribution in [-0.2, 0) is 14.8 Å². The first-order valence-corrected chi connectivity index (χ1v) is 12.0. The summed E-state index contributed by atoms with van der Waals surface area (Å²) in [5.41, 5.74) is 1.81. The van der Waals surface area contributed by atoms with E-state index in [4.69, 9.17) is 9.47 Å². The van der Waals surface area contributed by atoms with Crippen molar-refractivity contribution in [3.8, 4) is 11.5 Å². The molecule has 0 aliphatic carbocycles. The fourth-order valence-electron chi connectivity index (χ4n) is 3.65. The summed E-state index contributed by atoms with van der Waals surface area (Å²) >= 11 is 3.47. The number of aryl methyl sites for hydroxylation is 1. The summed E-state index contributed by atoms with van der Waals surface area (Å²) < 4.78 is 39.3. The minimum atomic E-state index is -3.66. The van der Waals surface area contributed by atoms with Crippen molar-refractivity contribution in [3.63, 3.8) is 0 Å². The standard InChI is InChI=1S/C21H23BrN2O5S/c1-14-2-4-18(17(22)12-14)23-21(25)15-6-8-24(9-7-15)30(26,27)16-3-5-19-20(13-16)29-11-10-28-19/h2-5,12-13,15H,6-11H2,1H3,(H,23,25). The number of carbonyl (C=O) groups is 1. The normalized spacial score (nSPS) is 17.5. The summed E-state index contributed by atoms with van der Waals surface area (Å²) in [6.45, 7) is 3.42. The minimum Gasteiger partial charge on any atom is -0.486 e. The number of ether oxygens (including phenoxy) is 2. The van der Waals surface area contributed by atoms with E-state index in [1.54, 1.807) is 6.07 Å². The van der Waals surface area contributed by atoms with E-state index in [1.165, 1.54) is 16.4 Å². The quantitative estimate of drug-likeness (QED) is 0.701. The Hall–Kier alpha value is -2.10. The van der Waals surface area contributed by atoms with Crippen molar-refractivity contribution < 1.29 is 22.7 Å². The van der Waals surface area contributed by atoms with Crippen LogP contribution in [0, 0.1) is 12.8 Å². The number of anilines is 1. The smallest absolute Gasteiger partial charge is 0.243 e. The highest BCUT2D eigenvalue weighted by molar-refractivity contribution is 9.10. The van der Waals surface area contributed by atoms with Crippen molar-refractivity contribution in [2.45, 2.75) is 24.7 Å². The summed E-state index contributed by atoms with van der Waals surface area (Å²) in [5.74, 6) is 0.680. The average molecular weight is 495 g/mol. The molecular formula is C21H23BrN2O5S. The second-order valence-electron chi connectivity index (χ2n) is 7.46. The van der Waals surface area contributed by atoms with E-state index in [9.17, 15) is 13.2 Å². The Balaban J connectivity index is 1.40. The fraction of sp³-hybridized carbons (Fsp3) is 0.381. The zero-order valence-electron chi connectivity index (χ0n) is 16.6. The number of nitrogens with one attached hydrogen (secondary N) is 1. The highest BCUT2D eigenvalue weighted by Gasteiger charge is 2.33. The van der Waals surface area contributed by atoms with Crippen LogP contribution in [0.3, 0.4) is 0 Å². The van der Waals surface area contributed by atoms with Gasteiger partial charge in [0, 0.05) is 29.5 Å². The number of hydrogen-bond acceptors (Lipinski definition) is 5. The van der Waals surface area contributed by atoms with Crippen LogP contribution in [0.4, 0.5) is 5.69 Å². The molecule has 1 amide bonds. The molecule has 0 saturated carbocycles. The molecule has 160 valence electrons. The third-order valence-electron chi connectivity index (χ3n) is 5.36. The van der Waals surface area contributed by atoms with Crippen molar-refractivity contribution in [2.24, 2.45) is 5.92 Å². The molecule has 0 atom stereocenters. The molecule has 2 aromatic carbocycles. The Morgan fingerprint density at radius 3 is 2.47 bits per heavy atom. The number of carbonyl (C=O) groups excluding carboxylic acids is 1. The summed E-state index contributed by atoms with van der Waals surface area (Å²) in [6, 6.07) is 10.4. The number of fused-ring (bicyclic) bond motifs is 1. The van der Waals surface area contributed by atoms with E-state index < -0.39 is 10.0 Å². The monoisotopic (exact) mass is 494 g/mol. The average Bonchev–Trinajstić information content (AvgIpc) is 2.75. The van der Waals surface area contributed by atoms with Gasteiger partial charge in [-0.3, -0.25) is 4.79 Å². The number of benzene rings is 2. The third kappa shape index (κ3) is 4.33. The van der Waals surface area contributed by atoms with Gasteiger partial charge in [-0.05, 0) is 65.5 Å². The summed E-state index contributed by atoms with van der Waals surface area (Å²) in [7, 11) is -3.66. The number of rotatable bonds is 4. The van der Waals surface area contributed by atoms with Crippen molar-refractivity contribution in [1.29, 1.82) is 0 Å². The van der Waals surface area contributed by atoms with E-state index in [0.717, 1.165) is 15.7 Å². The molecule has 1 saturated heterocycles. The first kappa shape index (κ1) is 21.1. The highest BCUT2D eigenvalue weighted by Crippen LogP contribution is 2.34. The van der Waals surface area contributed by atoms with Gasteiger partial charge in [-0.25, -0.2) is 8.42 Å². The largest absolute Gasteiger partial charge is 0.486 e. The number of piperidine rings is 1. The van der Waals surface area contributed by atoms with Gasteiger partial charge in [0.2, 0.25) is 15.9 Å². The zero-order valence-corrected chi connectivity index (χ0v) is 19.0. The van der Waals surface area contributed by atoms with Crippen LogP contribution >= 0.6 is 15.9 Å². The van der Waals surface area contributed by atoms with Gasteiger partial charge in [-0.1, -0.05) is 6.07 Å². The Morgan fingerprint density at radius 2 is 1.77 bits per heavy atom. The molecule has 0 unspecified atom stereocenters. The molecule has 1 fully saturated rings. The molecule has 9 heteroatoms. The molecule has 2 aromatic rings. The number of sulfonamides is 1. The molecule has 30 heavy (non-hydrogen) atoms. The lowest BCUT2D eigenvalue weighted by atomic mass is 9.97. The van der Waals surface area contributed by atoms with Crippen LogP contribution in [0.5, 0.6) is 11.5 Å². The maximum absolute atomic E-state index is 13.0.